The Hall–Kier alpha value is -1.16. The van der Waals surface area contributed by atoms with E-state index in [1.807, 2.05) is 0 Å². The molecule has 15 heavy (non-hydrogen) atoms. The molecule has 4 heteroatoms. The first kappa shape index (κ1) is 11.9. The molecule has 1 aromatic rings. The minimum atomic E-state index is -2.81. The molecule has 0 bridgehead atoms. The smallest absolute Gasteiger partial charge is 0.274 e. The van der Waals surface area contributed by atoms with Gasteiger partial charge in [0.1, 0.15) is 5.75 Å². The zero-order valence-corrected chi connectivity index (χ0v) is 8.89. The Balaban J connectivity index is 2.83. The number of hydrogen-bond acceptors (Lipinski definition) is 2. The normalized spacial score (nSPS) is 11.5. The van der Waals surface area contributed by atoms with Crippen LogP contribution in [0.2, 0.25) is 0 Å². The fourth-order valence-corrected chi connectivity index (χ4v) is 1.28. The van der Waals surface area contributed by atoms with Gasteiger partial charge in [-0.05, 0) is 19.2 Å². The first-order valence-electron chi connectivity index (χ1n) is 4.77. The molecule has 1 N–H and O–H groups in total. The van der Waals surface area contributed by atoms with Crippen LogP contribution in [0.25, 0.3) is 0 Å². The van der Waals surface area contributed by atoms with E-state index in [9.17, 15) is 8.78 Å². The predicted molar refractivity (Wildman–Crippen MR) is 55.4 cm³/mol. The number of alkyl halides is 2. The van der Waals surface area contributed by atoms with E-state index < -0.39 is 5.92 Å². The third-order valence-electron chi connectivity index (χ3n) is 2.18. The Morgan fingerprint density at radius 2 is 2.13 bits per heavy atom. The maximum Gasteiger partial charge on any atom is 0.274 e. The Morgan fingerprint density at radius 1 is 1.40 bits per heavy atom. The Kier molecular flexibility index (Phi) is 4.03. The summed E-state index contributed by atoms with van der Waals surface area (Å²) in [5, 5.41) is 2.71. The topological polar surface area (TPSA) is 21.3 Å². The van der Waals surface area contributed by atoms with Crippen LogP contribution in [0.5, 0.6) is 5.75 Å². The number of methoxy groups -OCH3 is 1. The summed E-state index contributed by atoms with van der Waals surface area (Å²) in [7, 11) is 3.12. The summed E-state index contributed by atoms with van der Waals surface area (Å²) in [6, 6.07) is 6.01. The molecule has 0 unspecified atom stereocenters. The van der Waals surface area contributed by atoms with Crippen LogP contribution in [0.15, 0.2) is 24.3 Å². The van der Waals surface area contributed by atoms with E-state index in [1.54, 1.807) is 19.2 Å². The van der Waals surface area contributed by atoms with Crippen molar-refractivity contribution in [3.05, 3.63) is 29.8 Å². The summed E-state index contributed by atoms with van der Waals surface area (Å²) in [6.45, 7) is 0.282. The molecule has 0 spiro atoms. The molecule has 0 amide bonds. The lowest BCUT2D eigenvalue weighted by Gasteiger charge is -2.17. The molecule has 0 radical (unpaired) electrons. The van der Waals surface area contributed by atoms with Crippen LogP contribution in [-0.2, 0) is 5.92 Å². The van der Waals surface area contributed by atoms with Crippen molar-refractivity contribution in [2.45, 2.75) is 12.3 Å². The van der Waals surface area contributed by atoms with Crippen LogP contribution in [0.1, 0.15) is 12.0 Å². The van der Waals surface area contributed by atoms with Gasteiger partial charge in [0, 0.05) is 18.5 Å². The number of nitrogens with one attached hydrogen (secondary N) is 1. The molecule has 0 saturated heterocycles. The average Bonchev–Trinajstić information content (AvgIpc) is 2.26. The van der Waals surface area contributed by atoms with Crippen molar-refractivity contribution in [3.63, 3.8) is 0 Å². The van der Waals surface area contributed by atoms with Crippen molar-refractivity contribution in [3.8, 4) is 5.75 Å². The molecule has 0 aliphatic carbocycles. The summed E-state index contributed by atoms with van der Waals surface area (Å²) in [4.78, 5) is 0. The number of benzene rings is 1. The van der Waals surface area contributed by atoms with Gasteiger partial charge < -0.3 is 10.1 Å². The van der Waals surface area contributed by atoms with E-state index in [-0.39, 0.29) is 18.5 Å². The summed E-state index contributed by atoms with van der Waals surface area (Å²) in [5.74, 6) is -2.35. The molecule has 1 rings (SSSR count). The van der Waals surface area contributed by atoms with Crippen LogP contribution < -0.4 is 10.1 Å². The maximum atomic E-state index is 13.6. The van der Waals surface area contributed by atoms with Gasteiger partial charge in [0.2, 0.25) is 0 Å². The number of halogens is 2. The average molecular weight is 215 g/mol. The van der Waals surface area contributed by atoms with Gasteiger partial charge in [0.25, 0.3) is 5.92 Å². The lowest BCUT2D eigenvalue weighted by molar-refractivity contribution is -0.0125. The van der Waals surface area contributed by atoms with Gasteiger partial charge in [-0.25, -0.2) is 8.78 Å². The number of hydrogen-bond donors (Lipinski definition) is 1. The van der Waals surface area contributed by atoms with E-state index >= 15 is 0 Å². The first-order valence-corrected chi connectivity index (χ1v) is 4.77. The second-order valence-corrected chi connectivity index (χ2v) is 3.29. The van der Waals surface area contributed by atoms with E-state index in [1.165, 1.54) is 19.2 Å². The molecular weight excluding hydrogens is 200 g/mol. The highest BCUT2D eigenvalue weighted by Crippen LogP contribution is 2.32. The molecule has 0 aliphatic heterocycles. The number of rotatable bonds is 5. The van der Waals surface area contributed by atoms with Gasteiger partial charge in [-0.15, -0.1) is 0 Å². The highest BCUT2D eigenvalue weighted by molar-refractivity contribution is 5.31. The third kappa shape index (κ3) is 3.16. The monoisotopic (exact) mass is 215 g/mol. The van der Waals surface area contributed by atoms with Gasteiger partial charge in [-0.1, -0.05) is 12.1 Å². The van der Waals surface area contributed by atoms with Crippen LogP contribution >= 0.6 is 0 Å². The van der Waals surface area contributed by atoms with E-state index in [4.69, 9.17) is 4.74 Å². The highest BCUT2D eigenvalue weighted by atomic mass is 19.3. The molecule has 0 atom stereocenters. The standard InChI is InChI=1S/C11H15F2NO/c1-14-7-6-11(12,13)9-4-3-5-10(8-9)15-2/h3-5,8,14H,6-7H2,1-2H3. The Bertz CT molecular complexity index is 315. The molecule has 0 aromatic heterocycles. The van der Waals surface area contributed by atoms with E-state index in [0.717, 1.165) is 0 Å². The Morgan fingerprint density at radius 3 is 2.73 bits per heavy atom. The summed E-state index contributed by atoms with van der Waals surface area (Å²) in [5.41, 5.74) is -0.00269. The van der Waals surface area contributed by atoms with Crippen molar-refractivity contribution in [1.29, 1.82) is 0 Å². The van der Waals surface area contributed by atoms with Crippen molar-refractivity contribution < 1.29 is 13.5 Å². The van der Waals surface area contributed by atoms with Crippen molar-refractivity contribution in [2.24, 2.45) is 0 Å². The van der Waals surface area contributed by atoms with Gasteiger partial charge in [-0.3, -0.25) is 0 Å². The van der Waals surface area contributed by atoms with Crippen LogP contribution in [-0.4, -0.2) is 20.7 Å². The lowest BCUT2D eigenvalue weighted by Crippen LogP contribution is -2.20. The van der Waals surface area contributed by atoms with Crippen LogP contribution in [0, 0.1) is 0 Å². The molecule has 0 saturated carbocycles. The minimum absolute atomic E-state index is 0.00269. The molecular formula is C11H15F2NO. The maximum absolute atomic E-state index is 13.6. The summed E-state index contributed by atoms with van der Waals surface area (Å²) < 4.78 is 32.0. The largest absolute Gasteiger partial charge is 0.497 e. The third-order valence-corrected chi connectivity index (χ3v) is 2.18. The van der Waals surface area contributed by atoms with Crippen molar-refractivity contribution in [2.75, 3.05) is 20.7 Å². The van der Waals surface area contributed by atoms with Gasteiger partial charge >= 0.3 is 0 Å². The Labute approximate surface area is 88.3 Å². The zero-order chi connectivity index (χ0) is 11.3. The number of ether oxygens (including phenoxy) is 1. The molecule has 0 fully saturated rings. The second-order valence-electron chi connectivity index (χ2n) is 3.29. The van der Waals surface area contributed by atoms with E-state index in [2.05, 4.69) is 5.32 Å². The molecule has 84 valence electrons. The highest BCUT2D eigenvalue weighted by Gasteiger charge is 2.30. The van der Waals surface area contributed by atoms with Gasteiger partial charge in [0.15, 0.2) is 0 Å². The van der Waals surface area contributed by atoms with Gasteiger partial charge in [-0.2, -0.15) is 0 Å². The molecule has 1 aromatic carbocycles. The van der Waals surface area contributed by atoms with E-state index in [0.29, 0.717) is 5.75 Å². The molecule has 0 heterocycles. The fourth-order valence-electron chi connectivity index (χ4n) is 1.28. The zero-order valence-electron chi connectivity index (χ0n) is 8.89. The summed E-state index contributed by atoms with van der Waals surface area (Å²) in [6.07, 6.45) is -0.212. The lowest BCUT2D eigenvalue weighted by atomic mass is 10.1. The second kappa shape index (κ2) is 5.07. The minimum Gasteiger partial charge on any atom is -0.497 e. The van der Waals surface area contributed by atoms with Crippen LogP contribution in [0.3, 0.4) is 0 Å². The SMILES string of the molecule is CNCCC(F)(F)c1cccc(OC)c1. The van der Waals surface area contributed by atoms with Gasteiger partial charge in [0.05, 0.1) is 7.11 Å². The summed E-state index contributed by atoms with van der Waals surface area (Å²) >= 11 is 0. The first-order chi connectivity index (χ1) is 7.10. The predicted octanol–water partition coefficient (Wildman–Crippen LogP) is 2.40. The van der Waals surface area contributed by atoms with Crippen molar-refractivity contribution >= 4 is 0 Å². The molecule has 0 aliphatic rings. The quantitative estimate of drug-likeness (QED) is 0.814. The fraction of sp³-hybridized carbons (Fsp3) is 0.455. The molecule has 2 nitrogen and oxygen atoms in total. The van der Waals surface area contributed by atoms with Crippen LogP contribution in [0.4, 0.5) is 8.78 Å². The van der Waals surface area contributed by atoms with Crippen molar-refractivity contribution in [1.82, 2.24) is 5.32 Å².